The second kappa shape index (κ2) is 7.67. The summed E-state index contributed by atoms with van der Waals surface area (Å²) in [5.74, 6) is 0.0672. The molecule has 0 bridgehead atoms. The minimum atomic E-state index is -0.124. The van der Waals surface area contributed by atoms with Gasteiger partial charge in [0.05, 0.1) is 5.41 Å². The fourth-order valence-electron chi connectivity index (χ4n) is 4.51. The topological polar surface area (TPSA) is 50.4 Å². The van der Waals surface area contributed by atoms with Crippen molar-refractivity contribution in [3.05, 3.63) is 42.5 Å². The molecule has 1 saturated heterocycles. The normalized spacial score (nSPS) is 21.4. The highest BCUT2D eigenvalue weighted by Crippen LogP contribution is 2.48. The molecule has 4 nitrogen and oxygen atoms in total. The van der Waals surface area contributed by atoms with Crippen molar-refractivity contribution in [2.24, 2.45) is 5.41 Å². The van der Waals surface area contributed by atoms with Crippen LogP contribution in [0.1, 0.15) is 38.5 Å². The molecule has 1 spiro atoms. The van der Waals surface area contributed by atoms with Gasteiger partial charge in [-0.25, -0.2) is 0 Å². The number of carbonyl (C=O) groups excluding carboxylic acids is 1. The Morgan fingerprint density at radius 3 is 2.69 bits per heavy atom. The SMILES string of the molecule is O=C1OC(CCNCCNc2cccc3ccccc23)CC12CCCC2. The molecule has 2 N–H and O–H groups in total. The third-order valence-electron chi connectivity index (χ3n) is 5.94. The minimum absolute atomic E-state index is 0.0672. The first kappa shape index (κ1) is 17.3. The quantitative estimate of drug-likeness (QED) is 0.582. The van der Waals surface area contributed by atoms with E-state index < -0.39 is 0 Å². The van der Waals surface area contributed by atoms with Crippen LogP contribution in [0.25, 0.3) is 10.8 Å². The van der Waals surface area contributed by atoms with Crippen molar-refractivity contribution in [2.75, 3.05) is 25.0 Å². The molecule has 1 atom stereocenters. The van der Waals surface area contributed by atoms with Gasteiger partial charge in [-0.05, 0) is 37.3 Å². The molecule has 0 amide bonds. The van der Waals surface area contributed by atoms with Crippen molar-refractivity contribution >= 4 is 22.4 Å². The van der Waals surface area contributed by atoms with Crippen molar-refractivity contribution in [3.8, 4) is 0 Å². The van der Waals surface area contributed by atoms with Gasteiger partial charge in [0, 0.05) is 30.6 Å². The Labute approximate surface area is 155 Å². The maximum Gasteiger partial charge on any atom is 0.312 e. The lowest BCUT2D eigenvalue weighted by atomic mass is 9.83. The number of carbonyl (C=O) groups is 1. The fraction of sp³-hybridized carbons (Fsp3) is 0.500. The van der Waals surface area contributed by atoms with Gasteiger partial charge in [-0.1, -0.05) is 49.2 Å². The van der Waals surface area contributed by atoms with Crippen LogP contribution in [0.3, 0.4) is 0 Å². The predicted molar refractivity (Wildman–Crippen MR) is 105 cm³/mol. The Morgan fingerprint density at radius 2 is 1.81 bits per heavy atom. The summed E-state index contributed by atoms with van der Waals surface area (Å²) in [6, 6.07) is 14.8. The predicted octanol–water partition coefficient (Wildman–Crippen LogP) is 4.11. The largest absolute Gasteiger partial charge is 0.462 e. The molecule has 2 aliphatic rings. The average Bonchev–Trinajstić information content (AvgIpc) is 3.26. The van der Waals surface area contributed by atoms with Gasteiger partial charge < -0.3 is 15.4 Å². The zero-order valence-corrected chi connectivity index (χ0v) is 15.3. The molecule has 4 heteroatoms. The monoisotopic (exact) mass is 352 g/mol. The van der Waals surface area contributed by atoms with E-state index in [-0.39, 0.29) is 17.5 Å². The highest BCUT2D eigenvalue weighted by molar-refractivity contribution is 5.93. The Bertz CT molecular complexity index is 762. The highest BCUT2D eigenvalue weighted by atomic mass is 16.6. The maximum absolute atomic E-state index is 12.2. The third-order valence-corrected chi connectivity index (χ3v) is 5.94. The molecule has 138 valence electrons. The Morgan fingerprint density at radius 1 is 1.00 bits per heavy atom. The molecule has 1 saturated carbocycles. The fourth-order valence-corrected chi connectivity index (χ4v) is 4.51. The lowest BCUT2D eigenvalue weighted by Gasteiger charge is -2.16. The molecule has 1 aliphatic carbocycles. The van der Waals surface area contributed by atoms with Crippen LogP contribution in [-0.4, -0.2) is 31.7 Å². The van der Waals surface area contributed by atoms with Gasteiger partial charge in [0.25, 0.3) is 0 Å². The summed E-state index contributed by atoms with van der Waals surface area (Å²) in [6.45, 7) is 2.67. The first-order valence-corrected chi connectivity index (χ1v) is 9.90. The first-order valence-electron chi connectivity index (χ1n) is 9.90. The van der Waals surface area contributed by atoms with Gasteiger partial charge in [-0.2, -0.15) is 0 Å². The Hall–Kier alpha value is -2.07. The molecule has 1 aliphatic heterocycles. The van der Waals surface area contributed by atoms with Crippen molar-refractivity contribution in [2.45, 2.75) is 44.6 Å². The number of ether oxygens (including phenoxy) is 1. The molecule has 2 aromatic carbocycles. The van der Waals surface area contributed by atoms with Crippen molar-refractivity contribution in [1.29, 1.82) is 0 Å². The highest BCUT2D eigenvalue weighted by Gasteiger charge is 2.49. The molecular weight excluding hydrogens is 324 g/mol. The van der Waals surface area contributed by atoms with Crippen molar-refractivity contribution in [1.82, 2.24) is 5.32 Å². The lowest BCUT2D eigenvalue weighted by Crippen LogP contribution is -2.26. The zero-order valence-electron chi connectivity index (χ0n) is 15.3. The van der Waals surface area contributed by atoms with Gasteiger partial charge in [-0.3, -0.25) is 4.79 Å². The van der Waals surface area contributed by atoms with E-state index in [1.54, 1.807) is 0 Å². The zero-order chi connectivity index (χ0) is 17.8. The molecule has 26 heavy (non-hydrogen) atoms. The van der Waals surface area contributed by atoms with Gasteiger partial charge in [-0.15, -0.1) is 0 Å². The minimum Gasteiger partial charge on any atom is -0.462 e. The number of hydrogen-bond donors (Lipinski definition) is 2. The second-order valence-electron chi connectivity index (χ2n) is 7.71. The van der Waals surface area contributed by atoms with Crippen LogP contribution < -0.4 is 10.6 Å². The van der Waals surface area contributed by atoms with Crippen LogP contribution in [0.2, 0.25) is 0 Å². The van der Waals surface area contributed by atoms with E-state index in [0.29, 0.717) is 0 Å². The summed E-state index contributed by atoms with van der Waals surface area (Å²) in [7, 11) is 0. The molecule has 2 fully saturated rings. The first-order chi connectivity index (χ1) is 12.8. The second-order valence-corrected chi connectivity index (χ2v) is 7.71. The van der Waals surface area contributed by atoms with Crippen molar-refractivity contribution < 1.29 is 9.53 Å². The van der Waals surface area contributed by atoms with Crippen LogP contribution in [0.5, 0.6) is 0 Å². The summed E-state index contributed by atoms with van der Waals surface area (Å²) < 4.78 is 5.63. The number of nitrogens with one attached hydrogen (secondary N) is 2. The van der Waals surface area contributed by atoms with E-state index in [2.05, 4.69) is 53.1 Å². The smallest absolute Gasteiger partial charge is 0.312 e. The van der Waals surface area contributed by atoms with Crippen LogP contribution in [0, 0.1) is 5.41 Å². The third kappa shape index (κ3) is 3.56. The van der Waals surface area contributed by atoms with Gasteiger partial charge in [0.15, 0.2) is 0 Å². The van der Waals surface area contributed by atoms with Crippen LogP contribution in [-0.2, 0) is 9.53 Å². The lowest BCUT2D eigenvalue weighted by molar-refractivity contribution is -0.148. The van der Waals surface area contributed by atoms with E-state index >= 15 is 0 Å². The van der Waals surface area contributed by atoms with Crippen LogP contribution in [0.15, 0.2) is 42.5 Å². The molecule has 0 aromatic heterocycles. The van der Waals surface area contributed by atoms with E-state index in [1.807, 2.05) is 0 Å². The van der Waals surface area contributed by atoms with Crippen molar-refractivity contribution in [3.63, 3.8) is 0 Å². The Kier molecular flexibility index (Phi) is 5.11. The maximum atomic E-state index is 12.2. The molecule has 1 heterocycles. The Balaban J connectivity index is 1.18. The number of anilines is 1. The number of rotatable bonds is 7. The molecule has 4 rings (SSSR count). The van der Waals surface area contributed by atoms with Gasteiger partial charge >= 0.3 is 5.97 Å². The summed E-state index contributed by atoms with van der Waals surface area (Å²) >= 11 is 0. The van der Waals surface area contributed by atoms with Gasteiger partial charge in [0.1, 0.15) is 6.10 Å². The number of hydrogen-bond acceptors (Lipinski definition) is 4. The summed E-state index contributed by atoms with van der Waals surface area (Å²) in [4.78, 5) is 12.2. The van der Waals surface area contributed by atoms with Crippen LogP contribution >= 0.6 is 0 Å². The number of fused-ring (bicyclic) bond motifs is 1. The van der Waals surface area contributed by atoms with E-state index in [0.717, 1.165) is 45.3 Å². The standard InChI is InChI=1S/C22H28N2O2/c25-21-22(11-3-4-12-22)16-18(26-21)10-13-23-14-15-24-20-9-5-7-17-6-1-2-8-19(17)20/h1-2,5-9,18,23-24H,3-4,10-16H2. The number of benzene rings is 2. The van der Waals surface area contributed by atoms with E-state index in [1.165, 1.54) is 29.3 Å². The molecule has 2 aromatic rings. The number of esters is 1. The average molecular weight is 352 g/mol. The molecule has 0 radical (unpaired) electrons. The van der Waals surface area contributed by atoms with E-state index in [9.17, 15) is 4.79 Å². The van der Waals surface area contributed by atoms with Gasteiger partial charge in [0.2, 0.25) is 0 Å². The summed E-state index contributed by atoms with van der Waals surface area (Å²) in [5, 5.41) is 9.50. The molecular formula is C22H28N2O2. The summed E-state index contributed by atoms with van der Waals surface area (Å²) in [5.41, 5.74) is 1.05. The summed E-state index contributed by atoms with van der Waals surface area (Å²) in [6.07, 6.45) is 6.39. The molecule has 1 unspecified atom stereocenters. The number of cyclic esters (lactones) is 1. The van der Waals surface area contributed by atoms with Crippen LogP contribution in [0.4, 0.5) is 5.69 Å². The van der Waals surface area contributed by atoms with E-state index in [4.69, 9.17) is 4.74 Å².